The van der Waals surface area contributed by atoms with Gasteiger partial charge in [0.25, 0.3) is 0 Å². The van der Waals surface area contributed by atoms with E-state index in [0.717, 1.165) is 33.5 Å². The molecule has 3 aromatic rings. The second kappa shape index (κ2) is 5.50. The minimum Gasteiger partial charge on any atom is -0.379 e. The molecular formula is C14H13N3S2. The Labute approximate surface area is 120 Å². The molecule has 0 aliphatic heterocycles. The van der Waals surface area contributed by atoms with Gasteiger partial charge in [0.2, 0.25) is 0 Å². The summed E-state index contributed by atoms with van der Waals surface area (Å²) in [5.41, 5.74) is 3.33. The Bertz CT molecular complexity index is 659. The van der Waals surface area contributed by atoms with E-state index in [1.165, 1.54) is 0 Å². The highest BCUT2D eigenvalue weighted by atomic mass is 32.1. The van der Waals surface area contributed by atoms with Crippen LogP contribution < -0.4 is 5.32 Å². The van der Waals surface area contributed by atoms with Gasteiger partial charge in [-0.25, -0.2) is 9.97 Å². The van der Waals surface area contributed by atoms with Gasteiger partial charge in [-0.1, -0.05) is 12.1 Å². The molecule has 3 rings (SSSR count). The Morgan fingerprint density at radius 3 is 2.95 bits per heavy atom. The Hall–Kier alpha value is -1.72. The van der Waals surface area contributed by atoms with Gasteiger partial charge < -0.3 is 5.32 Å². The fourth-order valence-corrected chi connectivity index (χ4v) is 3.06. The second-order valence-corrected chi connectivity index (χ2v) is 6.09. The maximum absolute atomic E-state index is 4.44. The molecule has 1 N–H and O–H groups in total. The van der Waals surface area contributed by atoms with Gasteiger partial charge in [0.1, 0.15) is 5.01 Å². The molecule has 0 spiro atoms. The van der Waals surface area contributed by atoms with Crippen LogP contribution in [0.15, 0.2) is 41.2 Å². The zero-order chi connectivity index (χ0) is 13.1. The molecule has 0 aliphatic carbocycles. The van der Waals surface area contributed by atoms with Crippen molar-refractivity contribution in [2.45, 2.75) is 13.5 Å². The molecule has 2 aromatic heterocycles. The highest BCUT2D eigenvalue weighted by molar-refractivity contribution is 7.13. The molecule has 0 amide bonds. The van der Waals surface area contributed by atoms with Crippen LogP contribution in [0.1, 0.15) is 10.7 Å². The molecule has 96 valence electrons. The second-order valence-electron chi connectivity index (χ2n) is 4.13. The average Bonchev–Trinajstić information content (AvgIpc) is 3.08. The standard InChI is InChI=1S/C14H13N3S2/c1-10-17-13(9-19-10)8-16-12-4-2-3-11(7-12)14-15-5-6-18-14/h2-7,9,16H,8H2,1H3. The van der Waals surface area contributed by atoms with Crippen molar-refractivity contribution in [1.29, 1.82) is 0 Å². The van der Waals surface area contributed by atoms with Gasteiger partial charge in [-0.05, 0) is 19.1 Å². The van der Waals surface area contributed by atoms with E-state index in [2.05, 4.69) is 38.9 Å². The molecule has 1 aromatic carbocycles. The molecule has 0 fully saturated rings. The quantitative estimate of drug-likeness (QED) is 0.782. The summed E-state index contributed by atoms with van der Waals surface area (Å²) in [5.74, 6) is 0. The third-order valence-corrected chi connectivity index (χ3v) is 4.33. The van der Waals surface area contributed by atoms with Crippen molar-refractivity contribution in [3.63, 3.8) is 0 Å². The highest BCUT2D eigenvalue weighted by Crippen LogP contribution is 2.24. The number of benzene rings is 1. The predicted octanol–water partition coefficient (Wildman–Crippen LogP) is 4.19. The number of nitrogens with one attached hydrogen (secondary N) is 1. The van der Waals surface area contributed by atoms with Crippen LogP contribution in [0.25, 0.3) is 10.6 Å². The molecule has 0 aliphatic rings. The smallest absolute Gasteiger partial charge is 0.123 e. The lowest BCUT2D eigenvalue weighted by molar-refractivity contribution is 1.05. The minimum atomic E-state index is 0.756. The molecule has 0 saturated heterocycles. The first-order valence-corrected chi connectivity index (χ1v) is 7.72. The van der Waals surface area contributed by atoms with Crippen LogP contribution in [0.2, 0.25) is 0 Å². The average molecular weight is 287 g/mol. The van der Waals surface area contributed by atoms with E-state index >= 15 is 0 Å². The highest BCUT2D eigenvalue weighted by Gasteiger charge is 2.02. The van der Waals surface area contributed by atoms with Crippen LogP contribution >= 0.6 is 22.7 Å². The third kappa shape index (κ3) is 3.00. The topological polar surface area (TPSA) is 37.8 Å². The van der Waals surface area contributed by atoms with E-state index in [4.69, 9.17) is 0 Å². The van der Waals surface area contributed by atoms with Gasteiger partial charge in [0, 0.05) is 28.2 Å². The third-order valence-electron chi connectivity index (χ3n) is 2.68. The summed E-state index contributed by atoms with van der Waals surface area (Å²) in [5, 5.41) is 9.64. The number of anilines is 1. The van der Waals surface area contributed by atoms with Gasteiger partial charge in [0.05, 0.1) is 17.2 Å². The van der Waals surface area contributed by atoms with E-state index in [1.807, 2.05) is 24.6 Å². The first-order chi connectivity index (χ1) is 9.31. The van der Waals surface area contributed by atoms with Crippen molar-refractivity contribution < 1.29 is 0 Å². The molecule has 0 saturated carbocycles. The molecule has 3 nitrogen and oxygen atoms in total. The molecule has 5 heteroatoms. The van der Waals surface area contributed by atoms with Gasteiger partial charge in [-0.2, -0.15) is 0 Å². The summed E-state index contributed by atoms with van der Waals surface area (Å²) >= 11 is 3.33. The zero-order valence-corrected chi connectivity index (χ0v) is 12.1. The Kier molecular flexibility index (Phi) is 3.57. The normalized spacial score (nSPS) is 10.6. The van der Waals surface area contributed by atoms with Crippen LogP contribution in [0.3, 0.4) is 0 Å². The van der Waals surface area contributed by atoms with Crippen molar-refractivity contribution >= 4 is 28.4 Å². The molecule has 19 heavy (non-hydrogen) atoms. The summed E-state index contributed by atoms with van der Waals surface area (Å²) in [6, 6.07) is 8.32. The van der Waals surface area contributed by atoms with E-state index in [0.29, 0.717) is 0 Å². The summed E-state index contributed by atoms with van der Waals surface area (Å²) in [6.45, 7) is 2.78. The number of thiazole rings is 2. The van der Waals surface area contributed by atoms with Gasteiger partial charge in [0.15, 0.2) is 0 Å². The van der Waals surface area contributed by atoms with E-state index in [9.17, 15) is 0 Å². The summed E-state index contributed by atoms with van der Waals surface area (Å²) in [7, 11) is 0. The van der Waals surface area contributed by atoms with E-state index in [1.54, 1.807) is 22.7 Å². The van der Waals surface area contributed by atoms with Crippen molar-refractivity contribution in [3.8, 4) is 10.6 Å². The molecule has 0 atom stereocenters. The number of aromatic nitrogens is 2. The van der Waals surface area contributed by atoms with Crippen molar-refractivity contribution in [2.75, 3.05) is 5.32 Å². The van der Waals surface area contributed by atoms with E-state index < -0.39 is 0 Å². The van der Waals surface area contributed by atoms with Crippen molar-refractivity contribution in [1.82, 2.24) is 9.97 Å². The molecule has 0 radical (unpaired) electrons. The van der Waals surface area contributed by atoms with Crippen LogP contribution in [0.5, 0.6) is 0 Å². The molecular weight excluding hydrogens is 274 g/mol. The van der Waals surface area contributed by atoms with Crippen molar-refractivity contribution in [3.05, 3.63) is 51.9 Å². The van der Waals surface area contributed by atoms with Gasteiger partial charge >= 0.3 is 0 Å². The number of rotatable bonds is 4. The first kappa shape index (κ1) is 12.3. The predicted molar refractivity (Wildman–Crippen MR) is 81.7 cm³/mol. The minimum absolute atomic E-state index is 0.756. The number of hydrogen-bond donors (Lipinski definition) is 1. The number of nitrogens with zero attached hydrogens (tertiary/aromatic N) is 2. The Morgan fingerprint density at radius 2 is 2.21 bits per heavy atom. The SMILES string of the molecule is Cc1nc(CNc2cccc(-c3nccs3)c2)cs1. The fraction of sp³-hybridized carbons (Fsp3) is 0.143. The van der Waals surface area contributed by atoms with E-state index in [-0.39, 0.29) is 0 Å². The number of hydrogen-bond acceptors (Lipinski definition) is 5. The van der Waals surface area contributed by atoms with Crippen LogP contribution in [0.4, 0.5) is 5.69 Å². The van der Waals surface area contributed by atoms with Crippen molar-refractivity contribution in [2.24, 2.45) is 0 Å². The lowest BCUT2D eigenvalue weighted by atomic mass is 10.2. The zero-order valence-electron chi connectivity index (χ0n) is 10.5. The fourth-order valence-electron chi connectivity index (χ4n) is 1.81. The Balaban J connectivity index is 1.73. The summed E-state index contributed by atoms with van der Waals surface area (Å²) in [4.78, 5) is 8.77. The molecule has 0 unspecified atom stereocenters. The lowest BCUT2D eigenvalue weighted by Gasteiger charge is -2.05. The molecule has 2 heterocycles. The maximum Gasteiger partial charge on any atom is 0.123 e. The monoisotopic (exact) mass is 287 g/mol. The first-order valence-electron chi connectivity index (χ1n) is 5.96. The summed E-state index contributed by atoms with van der Waals surface area (Å²) < 4.78 is 0. The van der Waals surface area contributed by atoms with Crippen LogP contribution in [-0.2, 0) is 6.54 Å². The largest absolute Gasteiger partial charge is 0.379 e. The van der Waals surface area contributed by atoms with Crippen LogP contribution in [-0.4, -0.2) is 9.97 Å². The number of aryl methyl sites for hydroxylation is 1. The Morgan fingerprint density at radius 1 is 1.26 bits per heavy atom. The van der Waals surface area contributed by atoms with Gasteiger partial charge in [-0.15, -0.1) is 22.7 Å². The van der Waals surface area contributed by atoms with Gasteiger partial charge in [-0.3, -0.25) is 0 Å². The van der Waals surface area contributed by atoms with Crippen LogP contribution in [0, 0.1) is 6.92 Å². The summed E-state index contributed by atoms with van der Waals surface area (Å²) in [6.07, 6.45) is 1.83. The maximum atomic E-state index is 4.44. The lowest BCUT2D eigenvalue weighted by Crippen LogP contribution is -1.99. The molecule has 0 bridgehead atoms.